The number of likely N-dealkylation sites (tertiary alicyclic amines) is 1. The average Bonchev–Trinajstić information content (AvgIpc) is 2.74. The molecule has 0 bridgehead atoms. The van der Waals surface area contributed by atoms with Crippen molar-refractivity contribution < 1.29 is 14.6 Å². The number of nitro groups is 1. The SMILES string of the molecule is O=C(C[NH+]1CCC[C@@H]2CCCC[C@@H]21)N1CCN(c2ccc(Cl)cc2[N+](=O)[O-])CC1. The molecule has 1 aromatic rings. The Morgan fingerprint density at radius 3 is 2.62 bits per heavy atom. The highest BCUT2D eigenvalue weighted by Crippen LogP contribution is 2.32. The molecule has 2 saturated heterocycles. The zero-order chi connectivity index (χ0) is 20.4. The lowest BCUT2D eigenvalue weighted by Gasteiger charge is -2.42. The number of piperazine rings is 1. The second-order valence-corrected chi connectivity index (χ2v) is 9.07. The van der Waals surface area contributed by atoms with Crippen molar-refractivity contribution >= 4 is 28.9 Å². The Morgan fingerprint density at radius 1 is 1.14 bits per heavy atom. The standard InChI is InChI=1S/C21H29ClN4O3/c22-17-7-8-19(20(14-17)26(28)29)23-10-12-24(13-11-23)21(27)15-25-9-3-5-16-4-1-2-6-18(16)25/h7-8,14,16,18H,1-6,9-13,15H2/p+1/t16-,18-/m0/s1. The Labute approximate surface area is 176 Å². The Hall–Kier alpha value is -1.86. The average molecular weight is 422 g/mol. The second kappa shape index (κ2) is 8.88. The molecule has 2 heterocycles. The maximum Gasteiger partial charge on any atom is 0.294 e. The molecule has 29 heavy (non-hydrogen) atoms. The van der Waals surface area contributed by atoms with Crippen LogP contribution >= 0.6 is 11.6 Å². The minimum atomic E-state index is -0.390. The maximum absolute atomic E-state index is 13.0. The van der Waals surface area contributed by atoms with E-state index in [0.717, 1.165) is 12.5 Å². The van der Waals surface area contributed by atoms with Crippen molar-refractivity contribution in [2.75, 3.05) is 44.2 Å². The van der Waals surface area contributed by atoms with E-state index in [1.54, 1.807) is 12.1 Å². The van der Waals surface area contributed by atoms with Crippen LogP contribution in [0, 0.1) is 16.0 Å². The fourth-order valence-electron chi connectivity index (χ4n) is 5.50. The van der Waals surface area contributed by atoms with Gasteiger partial charge in [-0.15, -0.1) is 0 Å². The molecule has 3 atom stereocenters. The molecule has 1 aromatic carbocycles. The number of halogens is 1. The van der Waals surface area contributed by atoms with E-state index in [9.17, 15) is 14.9 Å². The Kier molecular flexibility index (Phi) is 6.25. The fraction of sp³-hybridized carbons (Fsp3) is 0.667. The number of piperidine rings is 1. The van der Waals surface area contributed by atoms with Crippen LogP contribution in [0.3, 0.4) is 0 Å². The van der Waals surface area contributed by atoms with Crippen molar-refractivity contribution in [2.24, 2.45) is 5.92 Å². The number of rotatable bonds is 4. The van der Waals surface area contributed by atoms with Crippen LogP contribution in [0.4, 0.5) is 11.4 Å². The number of anilines is 1. The van der Waals surface area contributed by atoms with Crippen molar-refractivity contribution in [2.45, 2.75) is 44.6 Å². The number of hydrogen-bond acceptors (Lipinski definition) is 4. The Balaban J connectivity index is 1.35. The number of carbonyl (C=O) groups is 1. The third-order valence-electron chi connectivity index (χ3n) is 6.99. The normalized spacial score (nSPS) is 27.4. The number of nitrogens with zero attached hydrogens (tertiary/aromatic N) is 3. The molecule has 1 aliphatic carbocycles. The van der Waals surface area contributed by atoms with Crippen molar-refractivity contribution in [3.05, 3.63) is 33.3 Å². The van der Waals surface area contributed by atoms with Crippen LogP contribution in [-0.2, 0) is 4.79 Å². The summed E-state index contributed by atoms with van der Waals surface area (Å²) >= 11 is 5.93. The van der Waals surface area contributed by atoms with E-state index in [-0.39, 0.29) is 16.5 Å². The molecule has 1 unspecified atom stereocenters. The Morgan fingerprint density at radius 2 is 1.86 bits per heavy atom. The van der Waals surface area contributed by atoms with Gasteiger partial charge in [0.1, 0.15) is 5.69 Å². The fourth-order valence-corrected chi connectivity index (χ4v) is 5.67. The minimum absolute atomic E-state index is 0.0263. The van der Waals surface area contributed by atoms with Crippen LogP contribution in [0.15, 0.2) is 18.2 Å². The molecule has 3 aliphatic rings. The minimum Gasteiger partial charge on any atom is -0.362 e. The third kappa shape index (κ3) is 4.51. The van der Waals surface area contributed by atoms with Gasteiger partial charge in [0.25, 0.3) is 11.6 Å². The van der Waals surface area contributed by atoms with E-state index in [0.29, 0.717) is 49.5 Å². The van der Waals surface area contributed by atoms with E-state index in [1.165, 1.54) is 49.5 Å². The summed E-state index contributed by atoms with van der Waals surface area (Å²) in [6.07, 6.45) is 7.82. The molecule has 0 radical (unpaired) electrons. The van der Waals surface area contributed by atoms with Crippen LogP contribution in [-0.4, -0.2) is 61.0 Å². The molecule has 158 valence electrons. The number of carbonyl (C=O) groups excluding carboxylic acids is 1. The second-order valence-electron chi connectivity index (χ2n) is 8.64. The number of nitrogens with one attached hydrogen (secondary N) is 1. The van der Waals surface area contributed by atoms with Crippen LogP contribution in [0.25, 0.3) is 0 Å². The lowest BCUT2D eigenvalue weighted by atomic mass is 9.78. The largest absolute Gasteiger partial charge is 0.362 e. The molecule has 0 aromatic heterocycles. The molecule has 3 fully saturated rings. The summed E-state index contributed by atoms with van der Waals surface area (Å²) < 4.78 is 0. The highest BCUT2D eigenvalue weighted by atomic mass is 35.5. The highest BCUT2D eigenvalue weighted by molar-refractivity contribution is 6.30. The monoisotopic (exact) mass is 421 g/mol. The van der Waals surface area contributed by atoms with Gasteiger partial charge in [-0.3, -0.25) is 14.9 Å². The molecule has 4 rings (SSSR count). The summed E-state index contributed by atoms with van der Waals surface area (Å²) in [6.45, 7) is 4.15. The molecule has 1 N–H and O–H groups in total. The summed E-state index contributed by atoms with van der Waals surface area (Å²) in [5.41, 5.74) is 0.608. The first-order valence-electron chi connectivity index (χ1n) is 10.8. The van der Waals surface area contributed by atoms with Gasteiger partial charge < -0.3 is 14.7 Å². The van der Waals surface area contributed by atoms with Crippen molar-refractivity contribution in [3.63, 3.8) is 0 Å². The quantitative estimate of drug-likeness (QED) is 0.597. The van der Waals surface area contributed by atoms with E-state index in [4.69, 9.17) is 11.6 Å². The van der Waals surface area contributed by atoms with Gasteiger partial charge in [-0.05, 0) is 44.2 Å². The lowest BCUT2D eigenvalue weighted by molar-refractivity contribution is -0.929. The predicted molar refractivity (Wildman–Crippen MR) is 113 cm³/mol. The number of benzene rings is 1. The van der Waals surface area contributed by atoms with Gasteiger partial charge in [-0.1, -0.05) is 18.0 Å². The van der Waals surface area contributed by atoms with E-state index < -0.39 is 0 Å². The van der Waals surface area contributed by atoms with Crippen LogP contribution < -0.4 is 9.80 Å². The topological polar surface area (TPSA) is 71.1 Å². The van der Waals surface area contributed by atoms with Gasteiger partial charge in [0, 0.05) is 43.2 Å². The first-order valence-corrected chi connectivity index (χ1v) is 11.2. The van der Waals surface area contributed by atoms with Gasteiger partial charge in [-0.2, -0.15) is 0 Å². The Bertz CT molecular complexity index is 764. The number of nitro benzene ring substituents is 1. The van der Waals surface area contributed by atoms with Gasteiger partial charge in [0.15, 0.2) is 6.54 Å². The highest BCUT2D eigenvalue weighted by Gasteiger charge is 2.38. The summed E-state index contributed by atoms with van der Waals surface area (Å²) in [7, 11) is 0. The summed E-state index contributed by atoms with van der Waals surface area (Å²) in [4.78, 5) is 29.4. The third-order valence-corrected chi connectivity index (χ3v) is 7.23. The maximum atomic E-state index is 13.0. The number of quaternary nitrogens is 1. The molecule has 1 saturated carbocycles. The molecular formula is C21H30ClN4O3+. The van der Waals surface area contributed by atoms with Crippen molar-refractivity contribution in [1.29, 1.82) is 0 Å². The summed E-state index contributed by atoms with van der Waals surface area (Å²) in [5, 5.41) is 11.7. The summed E-state index contributed by atoms with van der Waals surface area (Å²) in [6, 6.07) is 5.45. The van der Waals surface area contributed by atoms with Gasteiger partial charge >= 0.3 is 0 Å². The summed E-state index contributed by atoms with van der Waals surface area (Å²) in [5.74, 6) is 1.04. The van der Waals surface area contributed by atoms with Crippen molar-refractivity contribution in [3.8, 4) is 0 Å². The first kappa shape index (κ1) is 20.4. The van der Waals surface area contributed by atoms with Crippen LogP contribution in [0.2, 0.25) is 5.02 Å². The van der Waals surface area contributed by atoms with E-state index in [1.807, 2.05) is 9.80 Å². The van der Waals surface area contributed by atoms with Crippen LogP contribution in [0.5, 0.6) is 0 Å². The molecule has 2 aliphatic heterocycles. The van der Waals surface area contributed by atoms with E-state index in [2.05, 4.69) is 0 Å². The van der Waals surface area contributed by atoms with Gasteiger partial charge in [0.05, 0.1) is 17.5 Å². The smallest absolute Gasteiger partial charge is 0.294 e. The molecular weight excluding hydrogens is 392 g/mol. The predicted octanol–water partition coefficient (Wildman–Crippen LogP) is 2.13. The first-order chi connectivity index (χ1) is 14.0. The van der Waals surface area contributed by atoms with Crippen molar-refractivity contribution in [1.82, 2.24) is 4.90 Å². The molecule has 8 heteroatoms. The molecule has 0 spiro atoms. The lowest BCUT2D eigenvalue weighted by Crippen LogP contribution is -3.18. The number of fused-ring (bicyclic) bond motifs is 1. The number of hydrogen-bond donors (Lipinski definition) is 1. The van der Waals surface area contributed by atoms with Crippen LogP contribution in [0.1, 0.15) is 38.5 Å². The van der Waals surface area contributed by atoms with Gasteiger partial charge in [0.2, 0.25) is 0 Å². The molecule has 7 nitrogen and oxygen atoms in total. The van der Waals surface area contributed by atoms with Gasteiger partial charge in [-0.25, -0.2) is 0 Å². The van der Waals surface area contributed by atoms with E-state index >= 15 is 0 Å². The zero-order valence-corrected chi connectivity index (χ0v) is 17.6. The zero-order valence-electron chi connectivity index (χ0n) is 16.8. The number of amides is 1. The molecule has 1 amide bonds.